The second kappa shape index (κ2) is 5.34. The molecule has 2 rings (SSSR count). The van der Waals surface area contributed by atoms with Gasteiger partial charge >= 0.3 is 6.18 Å². The van der Waals surface area contributed by atoms with Crippen LogP contribution < -0.4 is 11.3 Å². The number of nitrogens with two attached hydrogens (primary N) is 1. The zero-order valence-electron chi connectivity index (χ0n) is 10.2. The van der Waals surface area contributed by atoms with Crippen LogP contribution >= 0.6 is 0 Å². The molecule has 0 spiro atoms. The normalized spacial score (nSPS) is 22.3. The molecule has 3 N–H and O–H groups in total. The minimum atomic E-state index is -4.23. The van der Waals surface area contributed by atoms with E-state index in [-0.39, 0.29) is 18.0 Å². The van der Waals surface area contributed by atoms with Gasteiger partial charge in [-0.1, -0.05) is 12.8 Å². The molecule has 0 atom stereocenters. The molecule has 0 amide bonds. The van der Waals surface area contributed by atoms with Crippen molar-refractivity contribution in [1.29, 1.82) is 0 Å². The summed E-state index contributed by atoms with van der Waals surface area (Å²) in [4.78, 5) is 5.61. The summed E-state index contributed by atoms with van der Waals surface area (Å²) in [7, 11) is 0. The van der Waals surface area contributed by atoms with E-state index in [1.807, 2.05) is 0 Å². The minimum absolute atomic E-state index is 0.0668. The number of alkyl halides is 3. The lowest BCUT2D eigenvalue weighted by atomic mass is 10.3. The number of nitrogens with zero attached hydrogens (tertiary/aromatic N) is 2. The molecule has 0 saturated heterocycles. The van der Waals surface area contributed by atoms with E-state index in [1.54, 1.807) is 0 Å². The second-order valence-electron chi connectivity index (χ2n) is 5.01. The van der Waals surface area contributed by atoms with E-state index in [2.05, 4.69) is 10.4 Å². The lowest BCUT2D eigenvalue weighted by Gasteiger charge is -2.27. The van der Waals surface area contributed by atoms with Crippen LogP contribution in [0.1, 0.15) is 38.5 Å². The zero-order chi connectivity index (χ0) is 13.2. The Hall–Kier alpha value is -0.980. The number of hydrazine groups is 1. The smallest absolute Gasteiger partial charge is 0.330 e. The van der Waals surface area contributed by atoms with Crippen molar-refractivity contribution in [3.63, 3.8) is 0 Å². The Balaban J connectivity index is 2.06. The first kappa shape index (κ1) is 13.5. The molecule has 0 aromatic heterocycles. The lowest BCUT2D eigenvalue weighted by Crippen LogP contribution is -2.50. The molecular weight excluding hydrogens is 245 g/mol. The van der Waals surface area contributed by atoms with Gasteiger partial charge in [0.2, 0.25) is 5.96 Å². The number of aliphatic imine (C=N–C) groups is 1. The Morgan fingerprint density at radius 1 is 1.22 bits per heavy atom. The number of hydrogen-bond donors (Lipinski definition) is 2. The van der Waals surface area contributed by atoms with Gasteiger partial charge in [0.05, 0.1) is 6.04 Å². The van der Waals surface area contributed by atoms with Crippen LogP contribution in [-0.4, -0.2) is 35.7 Å². The monoisotopic (exact) mass is 264 g/mol. The van der Waals surface area contributed by atoms with Crippen molar-refractivity contribution in [3.05, 3.63) is 0 Å². The maximum atomic E-state index is 12.5. The average Bonchev–Trinajstić information content (AvgIpc) is 3.00. The summed E-state index contributed by atoms with van der Waals surface area (Å²) < 4.78 is 37.6. The molecule has 2 fully saturated rings. The summed E-state index contributed by atoms with van der Waals surface area (Å²) in [6.45, 7) is -0.979. The number of halogens is 3. The first-order chi connectivity index (χ1) is 8.49. The highest BCUT2D eigenvalue weighted by molar-refractivity contribution is 5.80. The molecule has 0 heterocycles. The Morgan fingerprint density at radius 3 is 2.28 bits per heavy atom. The van der Waals surface area contributed by atoms with Gasteiger partial charge < -0.3 is 4.90 Å². The van der Waals surface area contributed by atoms with Crippen molar-refractivity contribution in [2.24, 2.45) is 10.8 Å². The molecule has 2 saturated carbocycles. The van der Waals surface area contributed by atoms with E-state index in [0.29, 0.717) is 0 Å². The summed E-state index contributed by atoms with van der Waals surface area (Å²) in [5, 5.41) is 0. The van der Waals surface area contributed by atoms with E-state index in [9.17, 15) is 13.2 Å². The molecule has 7 heteroatoms. The van der Waals surface area contributed by atoms with Crippen molar-refractivity contribution >= 4 is 5.96 Å². The standard InChI is InChI=1S/C11H19F3N4/c12-11(13,14)7-18(9-5-6-9)10(17-15)16-8-3-1-2-4-8/h8-9H,1-7,15H2,(H,16,17). The molecule has 2 aliphatic carbocycles. The van der Waals surface area contributed by atoms with Gasteiger partial charge in [-0.3, -0.25) is 5.43 Å². The average molecular weight is 264 g/mol. The maximum Gasteiger partial charge on any atom is 0.406 e. The molecule has 104 valence electrons. The minimum Gasteiger partial charge on any atom is -0.330 e. The highest BCUT2D eigenvalue weighted by Crippen LogP contribution is 2.30. The van der Waals surface area contributed by atoms with Crippen LogP contribution in [0.5, 0.6) is 0 Å². The number of nitrogens with one attached hydrogen (secondary N) is 1. The Bertz CT molecular complexity index is 306. The summed E-state index contributed by atoms with van der Waals surface area (Å²) in [5.41, 5.74) is 2.35. The number of rotatable bonds is 3. The van der Waals surface area contributed by atoms with Gasteiger partial charge in [-0.05, 0) is 25.7 Å². The van der Waals surface area contributed by atoms with Gasteiger partial charge in [-0.2, -0.15) is 13.2 Å². The summed E-state index contributed by atoms with van der Waals surface area (Å²) in [6, 6.07) is 0.0494. The van der Waals surface area contributed by atoms with Gasteiger partial charge in [-0.15, -0.1) is 0 Å². The number of guanidine groups is 1. The van der Waals surface area contributed by atoms with Crippen molar-refractivity contribution in [3.8, 4) is 0 Å². The van der Waals surface area contributed by atoms with Crippen LogP contribution in [0.15, 0.2) is 4.99 Å². The van der Waals surface area contributed by atoms with Gasteiger partial charge in [0.15, 0.2) is 0 Å². The molecule has 0 aromatic carbocycles. The lowest BCUT2D eigenvalue weighted by molar-refractivity contribution is -0.139. The van der Waals surface area contributed by atoms with Gasteiger partial charge in [0.1, 0.15) is 6.54 Å². The number of hydrogen-bond acceptors (Lipinski definition) is 2. The van der Waals surface area contributed by atoms with Crippen molar-refractivity contribution < 1.29 is 13.2 Å². The quantitative estimate of drug-likeness (QED) is 0.353. The topological polar surface area (TPSA) is 53.6 Å². The van der Waals surface area contributed by atoms with Gasteiger partial charge in [0.25, 0.3) is 0 Å². The fraction of sp³-hybridized carbons (Fsp3) is 0.909. The van der Waals surface area contributed by atoms with Gasteiger partial charge in [0, 0.05) is 6.04 Å². The van der Waals surface area contributed by atoms with Crippen LogP contribution in [-0.2, 0) is 0 Å². The van der Waals surface area contributed by atoms with Crippen molar-refractivity contribution in [1.82, 2.24) is 10.3 Å². The third-order valence-corrected chi connectivity index (χ3v) is 3.37. The largest absolute Gasteiger partial charge is 0.406 e. The molecular formula is C11H19F3N4. The first-order valence-electron chi connectivity index (χ1n) is 6.37. The highest BCUT2D eigenvalue weighted by Gasteiger charge is 2.40. The molecule has 0 bridgehead atoms. The molecule has 2 aliphatic rings. The van der Waals surface area contributed by atoms with Crippen molar-refractivity contribution in [2.75, 3.05) is 6.54 Å². The molecule has 4 nitrogen and oxygen atoms in total. The first-order valence-corrected chi connectivity index (χ1v) is 6.37. The molecule has 0 radical (unpaired) electrons. The van der Waals surface area contributed by atoms with Crippen LogP contribution in [0.4, 0.5) is 13.2 Å². The Kier molecular flexibility index (Phi) is 3.99. The third-order valence-electron chi connectivity index (χ3n) is 3.37. The fourth-order valence-corrected chi connectivity index (χ4v) is 2.36. The molecule has 0 aromatic rings. The fourth-order valence-electron chi connectivity index (χ4n) is 2.36. The molecule has 0 unspecified atom stereocenters. The second-order valence-corrected chi connectivity index (χ2v) is 5.01. The zero-order valence-corrected chi connectivity index (χ0v) is 10.2. The maximum absolute atomic E-state index is 12.5. The van der Waals surface area contributed by atoms with E-state index in [0.717, 1.165) is 38.5 Å². The third kappa shape index (κ3) is 3.76. The Morgan fingerprint density at radius 2 is 1.83 bits per heavy atom. The van der Waals surface area contributed by atoms with Crippen LogP contribution in [0.2, 0.25) is 0 Å². The predicted octanol–water partition coefficient (Wildman–Crippen LogP) is 1.77. The Labute approximate surface area is 104 Å². The molecule has 18 heavy (non-hydrogen) atoms. The summed E-state index contributed by atoms with van der Waals surface area (Å²) in [5.74, 6) is 5.54. The van der Waals surface area contributed by atoms with E-state index in [4.69, 9.17) is 5.84 Å². The van der Waals surface area contributed by atoms with Crippen LogP contribution in [0.3, 0.4) is 0 Å². The molecule has 0 aliphatic heterocycles. The van der Waals surface area contributed by atoms with E-state index < -0.39 is 12.7 Å². The van der Waals surface area contributed by atoms with Crippen molar-refractivity contribution in [2.45, 2.75) is 56.8 Å². The predicted molar refractivity (Wildman–Crippen MR) is 62.8 cm³/mol. The van der Waals surface area contributed by atoms with Gasteiger partial charge in [-0.25, -0.2) is 10.8 Å². The highest BCUT2D eigenvalue weighted by atomic mass is 19.4. The van der Waals surface area contributed by atoms with Crippen LogP contribution in [0, 0.1) is 0 Å². The van der Waals surface area contributed by atoms with E-state index >= 15 is 0 Å². The summed E-state index contributed by atoms with van der Waals surface area (Å²) in [6.07, 6.45) is 1.40. The SMILES string of the molecule is NNC(=NC1CCCC1)N(CC(F)(F)F)C1CC1. The van der Waals surface area contributed by atoms with Crippen LogP contribution in [0.25, 0.3) is 0 Å². The summed E-state index contributed by atoms with van der Waals surface area (Å²) >= 11 is 0. The van der Waals surface area contributed by atoms with E-state index in [1.165, 1.54) is 4.90 Å².